The first-order valence-electron chi connectivity index (χ1n) is 8.33. The van der Waals surface area contributed by atoms with E-state index in [-0.39, 0.29) is 0 Å². The average molecular weight is 367 g/mol. The van der Waals surface area contributed by atoms with Gasteiger partial charge in [-0.2, -0.15) is 0 Å². The van der Waals surface area contributed by atoms with Crippen LogP contribution in [0.15, 0.2) is 24.3 Å². The molecule has 0 radical (unpaired) electrons. The molecule has 1 fully saturated rings. The van der Waals surface area contributed by atoms with Gasteiger partial charge < -0.3 is 9.47 Å². The molecular weight excluding hydrogens is 341 g/mol. The molecule has 0 bridgehead atoms. The minimum atomic E-state index is -0.970. The molecule has 0 N–H and O–H groups in total. The zero-order chi connectivity index (χ0) is 19.0. The molecule has 1 aromatic rings. The lowest BCUT2D eigenvalue weighted by Crippen LogP contribution is -2.50. The molecular formula is C19H26FNO3S. The van der Waals surface area contributed by atoms with Crippen molar-refractivity contribution in [3.8, 4) is 0 Å². The van der Waals surface area contributed by atoms with E-state index in [1.54, 1.807) is 34.6 Å². The molecule has 138 valence electrons. The lowest BCUT2D eigenvalue weighted by Gasteiger charge is -2.34. The first-order valence-corrected chi connectivity index (χ1v) is 8.74. The van der Waals surface area contributed by atoms with Crippen LogP contribution < -0.4 is 0 Å². The summed E-state index contributed by atoms with van der Waals surface area (Å²) in [7, 11) is 0. The van der Waals surface area contributed by atoms with Crippen molar-refractivity contribution in [2.75, 3.05) is 6.67 Å². The smallest absolute Gasteiger partial charge is 0.413 e. The van der Waals surface area contributed by atoms with Crippen LogP contribution in [0.3, 0.4) is 0 Å². The lowest BCUT2D eigenvalue weighted by atomic mass is 10.0. The van der Waals surface area contributed by atoms with Crippen LogP contribution in [0.25, 0.3) is 0 Å². The molecule has 0 unspecified atom stereocenters. The second-order valence-corrected chi connectivity index (χ2v) is 8.35. The fourth-order valence-corrected chi connectivity index (χ4v) is 3.13. The first kappa shape index (κ1) is 19.8. The van der Waals surface area contributed by atoms with Gasteiger partial charge in [-0.25, -0.2) is 9.18 Å². The van der Waals surface area contributed by atoms with Crippen molar-refractivity contribution in [2.24, 2.45) is 0 Å². The number of nitrogens with zero attached hydrogens (tertiary/aromatic N) is 1. The summed E-state index contributed by atoms with van der Waals surface area (Å²) < 4.78 is 25.4. The molecule has 4 nitrogen and oxygen atoms in total. The van der Waals surface area contributed by atoms with Gasteiger partial charge in [-0.15, -0.1) is 0 Å². The van der Waals surface area contributed by atoms with Gasteiger partial charge in [0.15, 0.2) is 0 Å². The van der Waals surface area contributed by atoms with Crippen LogP contribution in [0.1, 0.15) is 58.8 Å². The predicted molar refractivity (Wildman–Crippen MR) is 99.6 cm³/mol. The Kier molecular flexibility index (Phi) is 5.54. The Hall–Kier alpha value is -1.53. The van der Waals surface area contributed by atoms with E-state index in [0.717, 1.165) is 16.0 Å². The average Bonchev–Trinajstić information content (AvgIpc) is 2.76. The van der Waals surface area contributed by atoms with E-state index >= 15 is 0 Å². The highest BCUT2D eigenvalue weighted by Gasteiger charge is 2.51. The molecule has 1 amide bonds. The Morgan fingerprint density at radius 1 is 1.32 bits per heavy atom. The van der Waals surface area contributed by atoms with E-state index < -0.39 is 36.2 Å². The standard InChI is InChI=1S/C19H26FNO3S/c1-12(25)13-7-9-14(10-8-13)16-15(11-20)21(19(5,6)23-16)17(22)24-18(2,3)4/h7-10,15-16H,11H2,1-6H3/t15-,16-/m1/s1. The highest BCUT2D eigenvalue weighted by molar-refractivity contribution is 7.80. The van der Waals surface area contributed by atoms with Crippen molar-refractivity contribution in [1.82, 2.24) is 4.90 Å². The number of amides is 1. The fourth-order valence-electron chi connectivity index (χ4n) is 2.99. The molecule has 0 saturated carbocycles. The molecule has 25 heavy (non-hydrogen) atoms. The van der Waals surface area contributed by atoms with E-state index in [1.807, 2.05) is 31.2 Å². The number of alkyl halides is 1. The Morgan fingerprint density at radius 3 is 2.32 bits per heavy atom. The van der Waals surface area contributed by atoms with Gasteiger partial charge in [0, 0.05) is 4.86 Å². The number of hydrogen-bond acceptors (Lipinski definition) is 4. The predicted octanol–water partition coefficient (Wildman–Crippen LogP) is 4.81. The van der Waals surface area contributed by atoms with E-state index in [4.69, 9.17) is 21.7 Å². The third kappa shape index (κ3) is 4.36. The van der Waals surface area contributed by atoms with E-state index in [1.165, 1.54) is 4.90 Å². The summed E-state index contributed by atoms with van der Waals surface area (Å²) in [5.74, 6) is 0. The molecule has 0 aromatic heterocycles. The SMILES string of the molecule is CC(=S)c1ccc([C@H]2OC(C)(C)N(C(=O)OC(C)(C)C)[C@@H]2CF)cc1. The topological polar surface area (TPSA) is 38.8 Å². The number of rotatable bonds is 3. The van der Waals surface area contributed by atoms with Gasteiger partial charge in [0.2, 0.25) is 0 Å². The van der Waals surface area contributed by atoms with Crippen LogP contribution in [0.4, 0.5) is 9.18 Å². The highest BCUT2D eigenvalue weighted by Crippen LogP contribution is 2.42. The monoisotopic (exact) mass is 367 g/mol. The number of carbonyl (C=O) groups is 1. The van der Waals surface area contributed by atoms with Crippen molar-refractivity contribution in [2.45, 2.75) is 65.0 Å². The number of thiocarbonyl (C=S) groups is 1. The number of ether oxygens (including phenoxy) is 2. The molecule has 1 aromatic carbocycles. The van der Waals surface area contributed by atoms with Crippen molar-refractivity contribution >= 4 is 23.2 Å². The molecule has 2 atom stereocenters. The van der Waals surface area contributed by atoms with Crippen LogP contribution in [0.2, 0.25) is 0 Å². The molecule has 0 aliphatic carbocycles. The maximum atomic E-state index is 13.9. The molecule has 1 aliphatic heterocycles. The summed E-state index contributed by atoms with van der Waals surface area (Å²) in [6.07, 6.45) is -1.14. The van der Waals surface area contributed by atoms with Crippen molar-refractivity contribution in [3.05, 3.63) is 35.4 Å². The normalized spacial score (nSPS) is 22.8. The summed E-state index contributed by atoms with van der Waals surface area (Å²) in [6.45, 7) is 9.97. The van der Waals surface area contributed by atoms with E-state index in [0.29, 0.717) is 0 Å². The Balaban J connectivity index is 2.32. The van der Waals surface area contributed by atoms with Gasteiger partial charge in [0.1, 0.15) is 24.1 Å². The lowest BCUT2D eigenvalue weighted by molar-refractivity contribution is -0.0797. The number of hydrogen-bond donors (Lipinski definition) is 0. The zero-order valence-corrected chi connectivity index (χ0v) is 16.4. The summed E-state index contributed by atoms with van der Waals surface area (Å²) in [4.78, 5) is 14.8. The third-order valence-corrected chi connectivity index (χ3v) is 4.31. The van der Waals surface area contributed by atoms with Crippen LogP contribution in [0.5, 0.6) is 0 Å². The Labute approximate surface area is 154 Å². The van der Waals surface area contributed by atoms with Crippen molar-refractivity contribution in [3.63, 3.8) is 0 Å². The molecule has 2 rings (SSSR count). The van der Waals surface area contributed by atoms with Gasteiger partial charge in [-0.05, 0) is 52.7 Å². The zero-order valence-electron chi connectivity index (χ0n) is 15.6. The molecule has 0 spiro atoms. The van der Waals surface area contributed by atoms with Gasteiger partial charge in [0.05, 0.1) is 6.04 Å². The Morgan fingerprint density at radius 2 is 1.88 bits per heavy atom. The van der Waals surface area contributed by atoms with Gasteiger partial charge in [-0.3, -0.25) is 4.90 Å². The summed E-state index contributed by atoms with van der Waals surface area (Å²) >= 11 is 5.17. The second-order valence-electron chi connectivity index (χ2n) is 7.74. The summed E-state index contributed by atoms with van der Waals surface area (Å²) in [5, 5.41) is 0. The van der Waals surface area contributed by atoms with Crippen LogP contribution in [-0.4, -0.2) is 39.9 Å². The van der Waals surface area contributed by atoms with E-state index in [2.05, 4.69) is 0 Å². The van der Waals surface area contributed by atoms with Gasteiger partial charge in [0.25, 0.3) is 0 Å². The fraction of sp³-hybridized carbons (Fsp3) is 0.579. The number of benzene rings is 1. The van der Waals surface area contributed by atoms with Crippen molar-refractivity contribution in [1.29, 1.82) is 0 Å². The van der Waals surface area contributed by atoms with Gasteiger partial charge in [-0.1, -0.05) is 36.5 Å². The van der Waals surface area contributed by atoms with E-state index in [9.17, 15) is 9.18 Å². The quantitative estimate of drug-likeness (QED) is 0.568. The van der Waals surface area contributed by atoms with Crippen LogP contribution >= 0.6 is 12.2 Å². The summed E-state index contributed by atoms with van der Waals surface area (Å²) in [5.41, 5.74) is 0.117. The minimum absolute atomic E-state index is 0.563. The molecule has 1 aliphatic rings. The minimum Gasteiger partial charge on any atom is -0.444 e. The maximum Gasteiger partial charge on any atom is 0.413 e. The molecule has 6 heteroatoms. The Bertz CT molecular complexity index is 652. The van der Waals surface area contributed by atoms with Crippen LogP contribution in [-0.2, 0) is 9.47 Å². The molecule has 1 heterocycles. The number of halogens is 1. The second kappa shape index (κ2) is 7.00. The first-order chi connectivity index (χ1) is 11.5. The maximum absolute atomic E-state index is 13.9. The third-order valence-electron chi connectivity index (χ3n) is 4.07. The molecule has 1 saturated heterocycles. The van der Waals surface area contributed by atoms with Crippen molar-refractivity contribution < 1.29 is 18.7 Å². The van der Waals surface area contributed by atoms with Crippen LogP contribution in [0, 0.1) is 0 Å². The van der Waals surface area contributed by atoms with Gasteiger partial charge >= 0.3 is 6.09 Å². The largest absolute Gasteiger partial charge is 0.444 e. The highest BCUT2D eigenvalue weighted by atomic mass is 32.1. The number of carbonyl (C=O) groups excluding carboxylic acids is 1. The summed E-state index contributed by atoms with van der Waals surface area (Å²) in [6, 6.07) is 6.77.